The van der Waals surface area contributed by atoms with Crippen molar-refractivity contribution in [2.45, 2.75) is 19.7 Å². The number of nitrogen functional groups attached to an aromatic ring is 1. The normalized spacial score (nSPS) is 12.9. The molecule has 0 spiro atoms. The minimum Gasteiger partial charge on any atom is -0.756 e. The summed E-state index contributed by atoms with van der Waals surface area (Å²) in [5, 5.41) is 7.23. The van der Waals surface area contributed by atoms with Crippen molar-refractivity contribution in [3.63, 3.8) is 0 Å². The molecule has 3 heterocycles. The summed E-state index contributed by atoms with van der Waals surface area (Å²) < 4.78 is 35.2. The fourth-order valence-electron chi connectivity index (χ4n) is 3.24. The van der Waals surface area contributed by atoms with Crippen LogP contribution in [0.3, 0.4) is 0 Å². The monoisotopic (exact) mass is 485 g/mol. The van der Waals surface area contributed by atoms with E-state index in [1.807, 2.05) is 24.3 Å². The van der Waals surface area contributed by atoms with Crippen LogP contribution in [0.2, 0.25) is 0 Å². The van der Waals surface area contributed by atoms with E-state index in [-0.39, 0.29) is 5.82 Å². The molecule has 1 aromatic carbocycles. The lowest BCUT2D eigenvalue weighted by Crippen LogP contribution is -2.38. The van der Waals surface area contributed by atoms with Crippen LogP contribution in [-0.2, 0) is 28.8 Å². The molecular weight excluding hydrogens is 464 g/mol. The number of anilines is 2. The van der Waals surface area contributed by atoms with E-state index < -0.39 is 20.5 Å². The molecule has 0 fully saturated rings. The third-order valence-electron chi connectivity index (χ3n) is 4.93. The van der Waals surface area contributed by atoms with Crippen LogP contribution < -0.4 is 20.5 Å². The van der Waals surface area contributed by atoms with Crippen LogP contribution in [0.1, 0.15) is 16.8 Å². The lowest BCUT2D eigenvalue weighted by molar-refractivity contribution is -0.712. The van der Waals surface area contributed by atoms with E-state index in [0.717, 1.165) is 11.1 Å². The molecule has 176 valence electrons. The van der Waals surface area contributed by atoms with Crippen molar-refractivity contribution in [1.29, 1.82) is 0 Å². The van der Waals surface area contributed by atoms with Crippen molar-refractivity contribution >= 4 is 19.3 Å². The van der Waals surface area contributed by atoms with Gasteiger partial charge in [-0.25, -0.2) is 9.55 Å². The lowest BCUT2D eigenvalue weighted by atomic mass is 10.1. The van der Waals surface area contributed by atoms with Gasteiger partial charge in [-0.2, -0.15) is 4.39 Å². The zero-order valence-electron chi connectivity index (χ0n) is 17.8. The third-order valence-corrected chi connectivity index (χ3v) is 5.37. The highest BCUT2D eigenvalue weighted by Crippen LogP contribution is 2.30. The maximum Gasteiger partial charge on any atom is 0.285 e. The predicted molar refractivity (Wildman–Crippen MR) is 118 cm³/mol. The van der Waals surface area contributed by atoms with Gasteiger partial charge in [0.05, 0.1) is 11.9 Å². The fraction of sp³-hybridized carbons (Fsp3) is 0.136. The number of hydrogen-bond donors (Lipinski definition) is 3. The number of hydrogen-bond acceptors (Lipinski definition) is 8. The highest BCUT2D eigenvalue weighted by molar-refractivity contribution is 7.44. The maximum absolute atomic E-state index is 13.2. The molecule has 0 bridgehead atoms. The van der Waals surface area contributed by atoms with Crippen molar-refractivity contribution < 1.29 is 32.4 Å². The molecule has 0 aliphatic rings. The van der Waals surface area contributed by atoms with Crippen LogP contribution in [0.15, 0.2) is 71.5 Å². The number of halogens is 1. The number of rotatable bonds is 9. The molecule has 4 rings (SSSR count). The molecule has 0 radical (unpaired) electrons. The van der Waals surface area contributed by atoms with E-state index in [2.05, 4.69) is 20.0 Å². The van der Waals surface area contributed by atoms with Crippen molar-refractivity contribution in [1.82, 2.24) is 10.1 Å². The number of aromatic nitrogens is 3. The number of nitrogens with one attached hydrogen (secondary N) is 1. The van der Waals surface area contributed by atoms with Gasteiger partial charge in [0.15, 0.2) is 12.5 Å². The first-order valence-corrected chi connectivity index (χ1v) is 11.6. The summed E-state index contributed by atoms with van der Waals surface area (Å²) in [6.45, 7) is 0.0577. The summed E-state index contributed by atoms with van der Waals surface area (Å²) in [5.41, 5.74) is 9.96. The van der Waals surface area contributed by atoms with Crippen LogP contribution >= 0.6 is 7.82 Å². The van der Waals surface area contributed by atoms with Gasteiger partial charge in [0.2, 0.25) is 5.95 Å². The third kappa shape index (κ3) is 6.24. The summed E-state index contributed by atoms with van der Waals surface area (Å²) in [7, 11) is -4.88. The van der Waals surface area contributed by atoms with Crippen LogP contribution in [-0.4, -0.2) is 15.0 Å². The van der Waals surface area contributed by atoms with Crippen molar-refractivity contribution in [2.75, 3.05) is 11.1 Å². The number of benzene rings is 1. The Hall–Kier alpha value is -3.63. The molecule has 1 atom stereocenters. The smallest absolute Gasteiger partial charge is 0.285 e. The SMILES string of the molecule is Nc1c(-c2cc(Cc3ccc(CNc4ccnc(F)c4)cc3)no2)ccc[n+]1COP(=O)([O-])O. The van der Waals surface area contributed by atoms with Crippen LogP contribution in [0.5, 0.6) is 0 Å². The largest absolute Gasteiger partial charge is 0.756 e. The molecule has 0 aliphatic carbocycles. The van der Waals surface area contributed by atoms with Gasteiger partial charge in [-0.1, -0.05) is 29.4 Å². The minimum atomic E-state index is -4.88. The van der Waals surface area contributed by atoms with E-state index in [1.54, 1.807) is 24.3 Å². The zero-order valence-corrected chi connectivity index (χ0v) is 18.7. The first-order chi connectivity index (χ1) is 16.3. The molecule has 0 saturated heterocycles. The van der Waals surface area contributed by atoms with Gasteiger partial charge in [-0.15, -0.1) is 0 Å². The Kier molecular flexibility index (Phi) is 6.99. The standard InChI is InChI=1S/C22H21FN5O5P/c23-21-12-17(7-8-25-21)26-13-16-5-3-15(4-6-16)10-18-11-20(33-27-18)19-2-1-9-28(22(19)24)14-32-34(29,30)31/h1-9,11-12,24H,10,13-14H2,(H3,25,26,29,30,31). The van der Waals surface area contributed by atoms with Crippen molar-refractivity contribution in [3.8, 4) is 11.3 Å². The summed E-state index contributed by atoms with van der Waals surface area (Å²) in [4.78, 5) is 23.2. The second-order valence-electron chi connectivity index (χ2n) is 7.40. The average molecular weight is 485 g/mol. The Morgan fingerprint density at radius 2 is 1.97 bits per heavy atom. The maximum atomic E-state index is 13.2. The Bertz CT molecular complexity index is 1330. The van der Waals surface area contributed by atoms with Crippen LogP contribution in [0.25, 0.3) is 11.3 Å². The molecule has 0 saturated carbocycles. The predicted octanol–water partition coefficient (Wildman–Crippen LogP) is 2.38. The number of phosphoric acid groups is 1. The lowest BCUT2D eigenvalue weighted by Gasteiger charge is -2.14. The van der Waals surface area contributed by atoms with E-state index in [4.69, 9.17) is 15.2 Å². The Balaban J connectivity index is 1.40. The summed E-state index contributed by atoms with van der Waals surface area (Å²) in [5.74, 6) is 0.0531. The molecule has 4 N–H and O–H groups in total. The topological polar surface area (TPSA) is 150 Å². The summed E-state index contributed by atoms with van der Waals surface area (Å²) >= 11 is 0. The van der Waals surface area contributed by atoms with E-state index in [0.29, 0.717) is 35.7 Å². The molecule has 34 heavy (non-hydrogen) atoms. The minimum absolute atomic E-state index is 0.185. The second-order valence-corrected chi connectivity index (χ2v) is 8.60. The number of nitrogens with two attached hydrogens (primary N) is 1. The molecule has 3 aromatic heterocycles. The fourth-order valence-corrected chi connectivity index (χ4v) is 3.51. The number of pyridine rings is 2. The zero-order chi connectivity index (χ0) is 24.1. The number of phosphoric ester groups is 1. The van der Waals surface area contributed by atoms with Crippen LogP contribution in [0, 0.1) is 5.95 Å². The summed E-state index contributed by atoms with van der Waals surface area (Å²) in [6.07, 6.45) is 3.43. The average Bonchev–Trinajstić information content (AvgIpc) is 3.25. The van der Waals surface area contributed by atoms with Gasteiger partial charge in [0, 0.05) is 37.0 Å². The molecule has 4 aromatic rings. The Morgan fingerprint density at radius 3 is 2.71 bits per heavy atom. The highest BCUT2D eigenvalue weighted by Gasteiger charge is 2.18. The molecule has 0 aliphatic heterocycles. The van der Waals surface area contributed by atoms with Gasteiger partial charge in [-0.3, -0.25) is 14.8 Å². The quantitative estimate of drug-likeness (QED) is 0.184. The molecule has 1 unspecified atom stereocenters. The van der Waals surface area contributed by atoms with Crippen LogP contribution in [0.4, 0.5) is 15.9 Å². The first kappa shape index (κ1) is 23.5. The first-order valence-electron chi connectivity index (χ1n) is 10.1. The molecule has 0 amide bonds. The van der Waals surface area contributed by atoms with E-state index >= 15 is 0 Å². The van der Waals surface area contributed by atoms with Crippen molar-refractivity contribution in [2.24, 2.45) is 0 Å². The number of nitrogens with zero attached hydrogens (tertiary/aromatic N) is 3. The molecular formula is C22H21FN5O5P. The Labute approximate surface area is 194 Å². The van der Waals surface area contributed by atoms with E-state index in [1.165, 1.54) is 23.0 Å². The molecule has 12 heteroatoms. The van der Waals surface area contributed by atoms with Gasteiger partial charge in [-0.05, 0) is 29.3 Å². The second kappa shape index (κ2) is 10.1. The van der Waals surface area contributed by atoms with Crippen molar-refractivity contribution in [3.05, 3.63) is 89.8 Å². The highest BCUT2D eigenvalue weighted by atomic mass is 31.2. The van der Waals surface area contributed by atoms with Gasteiger partial charge in [0.1, 0.15) is 5.56 Å². The van der Waals surface area contributed by atoms with Gasteiger partial charge in [0.25, 0.3) is 13.6 Å². The summed E-state index contributed by atoms with van der Waals surface area (Å²) in [6, 6.07) is 16.0. The van der Waals surface area contributed by atoms with Gasteiger partial charge >= 0.3 is 0 Å². The Morgan fingerprint density at radius 1 is 1.21 bits per heavy atom. The molecule has 10 nitrogen and oxygen atoms in total. The van der Waals surface area contributed by atoms with Gasteiger partial charge < -0.3 is 19.6 Å². The van der Waals surface area contributed by atoms with E-state index in [9.17, 15) is 13.8 Å².